The molecule has 2 aromatic heterocycles. The fourth-order valence-corrected chi connectivity index (χ4v) is 3.98. The summed E-state index contributed by atoms with van der Waals surface area (Å²) in [5.74, 6) is 0.0239. The van der Waals surface area contributed by atoms with Crippen LogP contribution in [0.3, 0.4) is 0 Å². The zero-order valence-electron chi connectivity index (χ0n) is 16.7. The number of aromatic nitrogens is 4. The van der Waals surface area contributed by atoms with Crippen molar-refractivity contribution in [3.8, 4) is 5.69 Å². The molecule has 4 aromatic rings. The third kappa shape index (κ3) is 3.99. The van der Waals surface area contributed by atoms with Crippen LogP contribution in [0.15, 0.2) is 64.8 Å². The third-order valence-electron chi connectivity index (χ3n) is 4.72. The Morgan fingerprint density at radius 1 is 1.17 bits per heavy atom. The number of thioether (sulfide) groups is 1. The number of amides is 1. The molecule has 0 atom stereocenters. The summed E-state index contributed by atoms with van der Waals surface area (Å²) in [5, 5.41) is 3.50. The highest BCUT2D eigenvalue weighted by atomic mass is 32.2. The Morgan fingerprint density at radius 2 is 1.93 bits per heavy atom. The van der Waals surface area contributed by atoms with Crippen LogP contribution in [0.25, 0.3) is 16.9 Å². The van der Waals surface area contributed by atoms with Gasteiger partial charge in [0.1, 0.15) is 0 Å². The molecule has 0 aliphatic rings. The van der Waals surface area contributed by atoms with Crippen molar-refractivity contribution >= 4 is 34.5 Å². The molecule has 0 unspecified atom stereocenters. The van der Waals surface area contributed by atoms with Gasteiger partial charge in [-0.25, -0.2) is 9.97 Å². The maximum absolute atomic E-state index is 12.6. The van der Waals surface area contributed by atoms with Gasteiger partial charge in [0, 0.05) is 11.4 Å². The van der Waals surface area contributed by atoms with E-state index in [1.807, 2.05) is 66.9 Å². The van der Waals surface area contributed by atoms with E-state index in [2.05, 4.69) is 20.3 Å². The number of benzene rings is 2. The van der Waals surface area contributed by atoms with Crippen LogP contribution in [0.1, 0.15) is 18.1 Å². The Morgan fingerprint density at radius 3 is 2.70 bits per heavy atom. The molecule has 8 heteroatoms. The van der Waals surface area contributed by atoms with Gasteiger partial charge in [-0.3, -0.25) is 14.2 Å². The summed E-state index contributed by atoms with van der Waals surface area (Å²) < 4.78 is 1.81. The molecule has 0 aliphatic carbocycles. The fraction of sp³-hybridized carbons (Fsp3) is 0.182. The molecule has 0 saturated carbocycles. The number of imidazole rings is 1. The number of hydrogen-bond donors (Lipinski definition) is 2. The first-order chi connectivity index (χ1) is 14.6. The minimum absolute atomic E-state index is 0.134. The van der Waals surface area contributed by atoms with Crippen LogP contribution >= 0.6 is 11.8 Å². The van der Waals surface area contributed by atoms with Crippen molar-refractivity contribution in [2.24, 2.45) is 0 Å². The van der Waals surface area contributed by atoms with E-state index < -0.39 is 0 Å². The molecule has 4 rings (SSSR count). The Labute approximate surface area is 177 Å². The summed E-state index contributed by atoms with van der Waals surface area (Å²) in [5.41, 5.74) is 4.25. The molecule has 0 fully saturated rings. The van der Waals surface area contributed by atoms with Gasteiger partial charge in [0.05, 0.1) is 12.1 Å². The average molecular weight is 420 g/mol. The molecule has 0 aliphatic heterocycles. The van der Waals surface area contributed by atoms with Crippen LogP contribution in [0.5, 0.6) is 0 Å². The van der Waals surface area contributed by atoms with Gasteiger partial charge in [0.15, 0.2) is 16.3 Å². The van der Waals surface area contributed by atoms with Crippen LogP contribution < -0.4 is 10.9 Å². The number of nitrogens with zero attached hydrogens (tertiary/aromatic N) is 3. The first-order valence-electron chi connectivity index (χ1n) is 9.60. The van der Waals surface area contributed by atoms with Crippen LogP contribution in [-0.4, -0.2) is 31.2 Å². The summed E-state index contributed by atoms with van der Waals surface area (Å²) in [6.45, 7) is 4.06. The second-order valence-corrected chi connectivity index (χ2v) is 7.76. The zero-order chi connectivity index (χ0) is 21.1. The van der Waals surface area contributed by atoms with E-state index in [0.29, 0.717) is 10.8 Å². The molecule has 0 radical (unpaired) electrons. The Balaban J connectivity index is 1.63. The zero-order valence-corrected chi connectivity index (χ0v) is 17.5. The lowest BCUT2D eigenvalue weighted by molar-refractivity contribution is -0.113. The second kappa shape index (κ2) is 8.54. The number of hydrogen-bond acceptors (Lipinski definition) is 5. The smallest absolute Gasteiger partial charge is 0.278 e. The molecule has 0 saturated heterocycles. The van der Waals surface area contributed by atoms with Crippen molar-refractivity contribution in [1.82, 2.24) is 19.5 Å². The van der Waals surface area contributed by atoms with Crippen molar-refractivity contribution < 1.29 is 4.79 Å². The molecule has 152 valence electrons. The SMILES string of the molecule is CCc1ccccc1NC(=O)CSc1nc2c(=O)[nH]cnc2n1-c1ccc(C)cc1. The maximum atomic E-state index is 12.6. The molecule has 0 bridgehead atoms. The van der Waals surface area contributed by atoms with E-state index in [0.717, 1.165) is 28.9 Å². The Hall–Kier alpha value is -3.39. The third-order valence-corrected chi connectivity index (χ3v) is 5.66. The highest BCUT2D eigenvalue weighted by Crippen LogP contribution is 2.26. The number of anilines is 1. The normalized spacial score (nSPS) is 11.0. The molecule has 7 nitrogen and oxygen atoms in total. The van der Waals surface area contributed by atoms with Gasteiger partial charge >= 0.3 is 0 Å². The number of aryl methyl sites for hydroxylation is 2. The lowest BCUT2D eigenvalue weighted by Gasteiger charge is -2.10. The summed E-state index contributed by atoms with van der Waals surface area (Å²) >= 11 is 1.27. The lowest BCUT2D eigenvalue weighted by atomic mass is 10.1. The number of aromatic amines is 1. The first kappa shape index (κ1) is 19.9. The number of nitrogens with one attached hydrogen (secondary N) is 2. The molecule has 2 N–H and O–H groups in total. The minimum Gasteiger partial charge on any atom is -0.325 e. The summed E-state index contributed by atoms with van der Waals surface area (Å²) in [6, 6.07) is 15.6. The Kier molecular flexibility index (Phi) is 5.67. The summed E-state index contributed by atoms with van der Waals surface area (Å²) in [6.07, 6.45) is 2.20. The number of H-pyrrole nitrogens is 1. The van der Waals surface area contributed by atoms with Crippen LogP contribution in [0.2, 0.25) is 0 Å². The first-order valence-corrected chi connectivity index (χ1v) is 10.6. The Bertz CT molecular complexity index is 1260. The van der Waals surface area contributed by atoms with Crippen molar-refractivity contribution in [2.75, 3.05) is 11.1 Å². The van der Waals surface area contributed by atoms with Gasteiger partial charge in [-0.05, 0) is 37.1 Å². The van der Waals surface area contributed by atoms with Crippen molar-refractivity contribution in [3.63, 3.8) is 0 Å². The average Bonchev–Trinajstić information content (AvgIpc) is 3.13. The van der Waals surface area contributed by atoms with Gasteiger partial charge in [-0.1, -0.05) is 54.6 Å². The molecule has 1 amide bonds. The van der Waals surface area contributed by atoms with Crippen molar-refractivity contribution in [1.29, 1.82) is 0 Å². The van der Waals surface area contributed by atoms with Crippen molar-refractivity contribution in [2.45, 2.75) is 25.4 Å². The molecule has 0 spiro atoms. The quantitative estimate of drug-likeness (QED) is 0.465. The monoisotopic (exact) mass is 419 g/mol. The lowest BCUT2D eigenvalue weighted by Crippen LogP contribution is -2.15. The molecule has 2 heterocycles. The van der Waals surface area contributed by atoms with Gasteiger partial charge in [-0.15, -0.1) is 0 Å². The number of para-hydroxylation sites is 1. The highest BCUT2D eigenvalue weighted by Gasteiger charge is 2.18. The van der Waals surface area contributed by atoms with Crippen LogP contribution in [0, 0.1) is 6.92 Å². The van der Waals surface area contributed by atoms with E-state index in [1.54, 1.807) is 0 Å². The minimum atomic E-state index is -0.311. The van der Waals surface area contributed by atoms with E-state index in [1.165, 1.54) is 18.1 Å². The van der Waals surface area contributed by atoms with E-state index in [-0.39, 0.29) is 22.7 Å². The molecule has 30 heavy (non-hydrogen) atoms. The molecular formula is C22H21N5O2S. The van der Waals surface area contributed by atoms with Crippen LogP contribution in [0.4, 0.5) is 5.69 Å². The van der Waals surface area contributed by atoms with Crippen LogP contribution in [-0.2, 0) is 11.2 Å². The number of rotatable bonds is 6. The van der Waals surface area contributed by atoms with E-state index in [4.69, 9.17) is 0 Å². The summed E-state index contributed by atoms with van der Waals surface area (Å²) in [7, 11) is 0. The second-order valence-electron chi connectivity index (χ2n) is 6.82. The summed E-state index contributed by atoms with van der Waals surface area (Å²) in [4.78, 5) is 36.1. The highest BCUT2D eigenvalue weighted by molar-refractivity contribution is 7.99. The van der Waals surface area contributed by atoms with E-state index >= 15 is 0 Å². The largest absolute Gasteiger partial charge is 0.325 e. The predicted octanol–water partition coefficient (Wildman–Crippen LogP) is 3.71. The molecule has 2 aromatic carbocycles. The van der Waals surface area contributed by atoms with Gasteiger partial charge < -0.3 is 10.3 Å². The number of carbonyl (C=O) groups is 1. The van der Waals surface area contributed by atoms with E-state index in [9.17, 15) is 9.59 Å². The fourth-order valence-electron chi connectivity index (χ4n) is 3.17. The van der Waals surface area contributed by atoms with Gasteiger partial charge in [0.2, 0.25) is 5.91 Å². The molecular weight excluding hydrogens is 398 g/mol. The van der Waals surface area contributed by atoms with Gasteiger partial charge in [-0.2, -0.15) is 0 Å². The topological polar surface area (TPSA) is 92.7 Å². The number of fused-ring (bicyclic) bond motifs is 1. The van der Waals surface area contributed by atoms with Crippen molar-refractivity contribution in [3.05, 3.63) is 76.3 Å². The number of carbonyl (C=O) groups excluding carboxylic acids is 1. The van der Waals surface area contributed by atoms with Gasteiger partial charge in [0.25, 0.3) is 5.56 Å². The standard InChI is InChI=1S/C22H21N5O2S/c1-3-15-6-4-5-7-17(15)25-18(28)12-30-22-26-19-20(23-13-24-21(19)29)27(22)16-10-8-14(2)9-11-16/h4-11,13H,3,12H2,1-2H3,(H,25,28)(H,23,24,29). The predicted molar refractivity (Wildman–Crippen MR) is 119 cm³/mol. The maximum Gasteiger partial charge on any atom is 0.278 e.